The molecule has 3 aromatic rings. The Morgan fingerprint density at radius 3 is 2.50 bits per heavy atom. The number of carbonyl (C=O) groups excluding carboxylic acids is 2. The highest BCUT2D eigenvalue weighted by Crippen LogP contribution is 2.31. The highest BCUT2D eigenvalue weighted by molar-refractivity contribution is 7.11. The molecule has 0 spiro atoms. The van der Waals surface area contributed by atoms with Crippen LogP contribution >= 0.6 is 23.1 Å². The predicted octanol–water partition coefficient (Wildman–Crippen LogP) is 4.47. The number of nitrogens with two attached hydrogens (primary N) is 1. The number of hydrogen-bond donors (Lipinski definition) is 3. The quantitative estimate of drug-likeness (QED) is 0.211. The van der Waals surface area contributed by atoms with Crippen molar-refractivity contribution in [1.29, 1.82) is 0 Å². The van der Waals surface area contributed by atoms with Crippen LogP contribution in [0.1, 0.15) is 34.3 Å². The van der Waals surface area contributed by atoms with E-state index in [-0.39, 0.29) is 27.0 Å². The number of unbranched alkanes of at least 4 members (excludes halogenated alkanes) is 1. The molecule has 0 saturated carbocycles. The Hall–Kier alpha value is -3.32. The molecule has 0 aliphatic carbocycles. The number of primary amides is 1. The van der Waals surface area contributed by atoms with Crippen molar-refractivity contribution in [3.05, 3.63) is 75.8 Å². The summed E-state index contributed by atoms with van der Waals surface area (Å²) < 4.78 is 37.1. The second kappa shape index (κ2) is 14.4. The van der Waals surface area contributed by atoms with Crippen LogP contribution in [0, 0.1) is 11.6 Å². The number of nitrogens with zero attached hydrogens (tertiary/aromatic N) is 3. The lowest BCUT2D eigenvalue weighted by Crippen LogP contribution is -2.46. The standard InChI is InChI=1S/C27H31ClF2N6O3S/c28-20-15-21(29)19(14-22(20)30)17-39-25-23(24(31)37)26(40-34-25)33-27(38)32-8-4-5-9-35-10-12-36(13-11-35)16-18-6-2-1-3-7-18/h1-3,6-7,14-15H,4-5,8-13,16-17H2,(H2,31,37)(H2,32,33,38). The van der Waals surface area contributed by atoms with E-state index < -0.39 is 30.2 Å². The van der Waals surface area contributed by atoms with Gasteiger partial charge in [-0.1, -0.05) is 41.9 Å². The van der Waals surface area contributed by atoms with Crippen molar-refractivity contribution in [1.82, 2.24) is 19.5 Å². The second-order valence-corrected chi connectivity index (χ2v) is 10.6. The van der Waals surface area contributed by atoms with E-state index in [0.717, 1.165) is 75.8 Å². The number of nitrogens with one attached hydrogen (secondary N) is 2. The number of ether oxygens (including phenoxy) is 1. The molecule has 4 N–H and O–H groups in total. The lowest BCUT2D eigenvalue weighted by molar-refractivity contribution is 0.0996. The molecule has 3 amide bonds. The maximum absolute atomic E-state index is 14.0. The first-order valence-corrected chi connectivity index (χ1v) is 14.0. The van der Waals surface area contributed by atoms with Gasteiger partial charge in [-0.25, -0.2) is 13.6 Å². The molecule has 2 aromatic carbocycles. The molecule has 0 bridgehead atoms. The van der Waals surface area contributed by atoms with Crippen molar-refractivity contribution in [2.24, 2.45) is 5.73 Å². The third-order valence-electron chi connectivity index (χ3n) is 6.49. The van der Waals surface area contributed by atoms with Crippen LogP contribution in [0.3, 0.4) is 0 Å². The maximum Gasteiger partial charge on any atom is 0.319 e. The molecule has 1 fully saturated rings. The topological polar surface area (TPSA) is 113 Å². The van der Waals surface area contributed by atoms with Gasteiger partial charge in [-0.15, -0.1) is 0 Å². The zero-order chi connectivity index (χ0) is 28.5. The molecule has 40 heavy (non-hydrogen) atoms. The monoisotopic (exact) mass is 592 g/mol. The normalized spacial score (nSPS) is 14.2. The smallest absolute Gasteiger partial charge is 0.319 e. The zero-order valence-electron chi connectivity index (χ0n) is 21.8. The Kier molecular flexibility index (Phi) is 10.6. The summed E-state index contributed by atoms with van der Waals surface area (Å²) in [5.74, 6) is -2.65. The summed E-state index contributed by atoms with van der Waals surface area (Å²) in [6, 6.07) is 11.7. The Balaban J connectivity index is 1.16. The van der Waals surface area contributed by atoms with Crippen molar-refractivity contribution >= 4 is 40.1 Å². The number of aromatic nitrogens is 1. The van der Waals surface area contributed by atoms with Gasteiger partial charge >= 0.3 is 6.03 Å². The molecule has 214 valence electrons. The number of benzene rings is 2. The Morgan fingerprint density at radius 1 is 1.05 bits per heavy atom. The van der Waals surface area contributed by atoms with Gasteiger partial charge in [0.1, 0.15) is 28.8 Å². The average Bonchev–Trinajstić information content (AvgIpc) is 3.33. The van der Waals surface area contributed by atoms with E-state index in [9.17, 15) is 18.4 Å². The highest BCUT2D eigenvalue weighted by Gasteiger charge is 2.23. The third kappa shape index (κ3) is 8.34. The van der Waals surface area contributed by atoms with Crippen molar-refractivity contribution in [3.8, 4) is 5.88 Å². The molecule has 1 aromatic heterocycles. The number of piperazine rings is 1. The first-order chi connectivity index (χ1) is 19.3. The largest absolute Gasteiger partial charge is 0.471 e. The molecule has 0 unspecified atom stereocenters. The van der Waals surface area contributed by atoms with Crippen molar-refractivity contribution in [2.75, 3.05) is 44.6 Å². The Labute approximate surface area is 240 Å². The molecular formula is C27H31ClF2N6O3S. The number of rotatable bonds is 12. The fraction of sp³-hybridized carbons (Fsp3) is 0.370. The van der Waals surface area contributed by atoms with Crippen LogP contribution in [-0.4, -0.2) is 65.4 Å². The molecule has 0 atom stereocenters. The van der Waals surface area contributed by atoms with E-state index in [1.165, 1.54) is 5.56 Å². The van der Waals surface area contributed by atoms with Gasteiger partial charge < -0.3 is 20.7 Å². The van der Waals surface area contributed by atoms with Crippen LogP contribution in [0.15, 0.2) is 42.5 Å². The van der Waals surface area contributed by atoms with Crippen LogP contribution in [-0.2, 0) is 13.2 Å². The SMILES string of the molecule is NC(=O)c1c(OCc2cc(F)c(Cl)cc2F)nsc1NC(=O)NCCCCN1CCN(Cc2ccccc2)CC1. The van der Waals surface area contributed by atoms with E-state index in [0.29, 0.717) is 6.54 Å². The molecule has 9 nitrogen and oxygen atoms in total. The molecule has 1 aliphatic heterocycles. The number of halogens is 3. The van der Waals surface area contributed by atoms with Gasteiger partial charge in [0, 0.05) is 44.8 Å². The molecule has 1 saturated heterocycles. The Bertz CT molecular complexity index is 1300. The van der Waals surface area contributed by atoms with Crippen LogP contribution in [0.2, 0.25) is 5.02 Å². The van der Waals surface area contributed by atoms with Gasteiger partial charge in [0.05, 0.1) is 5.02 Å². The van der Waals surface area contributed by atoms with E-state index >= 15 is 0 Å². The number of urea groups is 1. The minimum absolute atomic E-state index is 0.0936. The van der Waals surface area contributed by atoms with Crippen molar-refractivity contribution in [3.63, 3.8) is 0 Å². The van der Waals surface area contributed by atoms with E-state index in [1.54, 1.807) is 0 Å². The summed E-state index contributed by atoms with van der Waals surface area (Å²) in [4.78, 5) is 29.3. The zero-order valence-corrected chi connectivity index (χ0v) is 23.4. The third-order valence-corrected chi connectivity index (χ3v) is 7.52. The van der Waals surface area contributed by atoms with Gasteiger partial charge in [-0.05, 0) is 48.6 Å². The molecule has 1 aliphatic rings. The van der Waals surface area contributed by atoms with Crippen molar-refractivity contribution < 1.29 is 23.1 Å². The summed E-state index contributed by atoms with van der Waals surface area (Å²) in [6.45, 7) is 6.07. The molecule has 2 heterocycles. The predicted molar refractivity (Wildman–Crippen MR) is 151 cm³/mol. The molecular weight excluding hydrogens is 562 g/mol. The van der Waals surface area contributed by atoms with Crippen LogP contribution in [0.4, 0.5) is 18.6 Å². The first-order valence-electron chi connectivity index (χ1n) is 12.9. The molecule has 4 rings (SSSR count). The summed E-state index contributed by atoms with van der Waals surface area (Å²) in [6.07, 6.45) is 1.73. The molecule has 0 radical (unpaired) electrons. The summed E-state index contributed by atoms with van der Waals surface area (Å²) >= 11 is 6.35. The summed E-state index contributed by atoms with van der Waals surface area (Å²) in [5, 5.41) is 5.06. The lowest BCUT2D eigenvalue weighted by Gasteiger charge is -2.34. The van der Waals surface area contributed by atoms with Gasteiger partial charge in [0.15, 0.2) is 0 Å². The van der Waals surface area contributed by atoms with Gasteiger partial charge in [0.2, 0.25) is 5.88 Å². The minimum Gasteiger partial charge on any atom is -0.471 e. The first kappa shape index (κ1) is 29.7. The fourth-order valence-corrected chi connectivity index (χ4v) is 5.21. The highest BCUT2D eigenvalue weighted by atomic mass is 35.5. The average molecular weight is 593 g/mol. The van der Waals surface area contributed by atoms with E-state index in [4.69, 9.17) is 22.1 Å². The van der Waals surface area contributed by atoms with Crippen LogP contribution < -0.4 is 21.1 Å². The maximum atomic E-state index is 14.0. The summed E-state index contributed by atoms with van der Waals surface area (Å²) in [7, 11) is 0. The molecule has 13 heteroatoms. The van der Waals surface area contributed by atoms with Gasteiger partial charge in [-0.3, -0.25) is 15.0 Å². The fourth-order valence-electron chi connectivity index (χ4n) is 4.32. The van der Waals surface area contributed by atoms with Crippen LogP contribution in [0.5, 0.6) is 5.88 Å². The van der Waals surface area contributed by atoms with Gasteiger partial charge in [0.25, 0.3) is 5.91 Å². The Morgan fingerprint density at radius 2 is 1.77 bits per heavy atom. The van der Waals surface area contributed by atoms with Crippen molar-refractivity contribution in [2.45, 2.75) is 26.0 Å². The van der Waals surface area contributed by atoms with Crippen LogP contribution in [0.25, 0.3) is 0 Å². The number of hydrogen-bond acceptors (Lipinski definition) is 7. The second-order valence-electron chi connectivity index (χ2n) is 9.39. The van der Waals surface area contributed by atoms with E-state index in [2.05, 4.69) is 49.1 Å². The van der Waals surface area contributed by atoms with E-state index in [1.807, 2.05) is 6.07 Å². The number of amides is 3. The number of anilines is 1. The summed E-state index contributed by atoms with van der Waals surface area (Å²) in [5.41, 5.74) is 6.51. The lowest BCUT2D eigenvalue weighted by atomic mass is 10.2. The van der Waals surface area contributed by atoms with Gasteiger partial charge in [-0.2, -0.15) is 4.37 Å². The minimum atomic E-state index is -0.884. The number of carbonyl (C=O) groups is 2.